The number of ether oxygens (including phenoxy) is 18. The lowest BCUT2D eigenvalue weighted by atomic mass is 9.84. The number of nitrogens with zero attached hydrogens (tertiary/aromatic N) is 3. The van der Waals surface area contributed by atoms with Gasteiger partial charge in [-0.3, -0.25) is 24.6 Å². The van der Waals surface area contributed by atoms with Gasteiger partial charge in [-0.05, 0) is 68.4 Å². The van der Waals surface area contributed by atoms with Gasteiger partial charge in [0, 0.05) is 38.5 Å². The molecule has 137 heavy (non-hydrogen) atoms. The maximum absolute atomic E-state index is 11.7. The minimum Gasteiger partial charge on any atom is -0.500 e. The number of benzene rings is 9. The molecule has 3 aliphatic heterocycles. The first kappa shape index (κ1) is 110. The molecule has 9 aromatic carbocycles. The number of azide groups is 1. The van der Waals surface area contributed by atoms with E-state index < -0.39 is 155 Å². The Kier molecular flexibility index (Phi) is 47.4. The predicted octanol–water partition coefficient (Wildman–Crippen LogP) is 16.7. The first-order chi connectivity index (χ1) is 66.4. The Balaban J connectivity index is 0.000000191. The highest BCUT2D eigenvalue weighted by molar-refractivity contribution is 9.09. The summed E-state index contributed by atoms with van der Waals surface area (Å²) in [4.78, 5) is 48.5. The Morgan fingerprint density at radius 3 is 1.10 bits per heavy atom. The number of allylic oxidation sites excluding steroid dienone is 1. The number of carbonyl (C=O) groups is 4. The summed E-state index contributed by atoms with van der Waals surface area (Å²) in [5, 5.41) is 33.7. The molecule has 1 aliphatic carbocycles. The lowest BCUT2D eigenvalue weighted by molar-refractivity contribution is -0.312. The van der Waals surface area contributed by atoms with E-state index in [9.17, 15) is 29.4 Å². The number of rotatable bonds is 42. The van der Waals surface area contributed by atoms with Gasteiger partial charge in [-0.15, -0.1) is 6.58 Å². The molecule has 0 bridgehead atoms. The third-order valence-corrected chi connectivity index (χ3v) is 23.9. The lowest BCUT2D eigenvalue weighted by Gasteiger charge is -2.48. The molecule has 732 valence electrons. The summed E-state index contributed by atoms with van der Waals surface area (Å²) < 4.78 is 111. The fourth-order valence-electron chi connectivity index (χ4n) is 15.3. The number of nitrogens with one attached hydrogen (secondary N) is 1. The number of carbonyl (C=O) groups excluding carboxylic acids is 4. The Bertz CT molecular complexity index is 5040. The second-order valence-electron chi connectivity index (χ2n) is 32.4. The monoisotopic (exact) mass is 2020 g/mol. The van der Waals surface area contributed by atoms with Gasteiger partial charge in [0.2, 0.25) is 12.2 Å². The van der Waals surface area contributed by atoms with Crippen LogP contribution in [0.1, 0.15) is 97.5 Å². The quantitative estimate of drug-likeness (QED) is 0.00273. The molecule has 0 amide bonds. The molecule has 34 heteroatoms. The zero-order valence-electron chi connectivity index (χ0n) is 77.1. The van der Waals surface area contributed by atoms with Gasteiger partial charge in [0.05, 0.1) is 84.9 Å². The molecule has 1 saturated carbocycles. The summed E-state index contributed by atoms with van der Waals surface area (Å²) in [5.41, 5.74) is 17.8. The summed E-state index contributed by atoms with van der Waals surface area (Å²) in [5.74, 6) is -3.01. The SMILES string of the molecule is C=CCCCOC1OC(COC(C)=O)C(O)C(OCc2ccccc2)C1OC(C)=O.CC(=O)OCC1OC(Br)C(N=[N+]=[N-])C(OCc2ccccc2)C1OC(C)=O.CC1C(OC(=N)C(Cl)(Cl)Cl)OC(COCc2ccccc2)C(OCc2ccccc2)C1OCc1ccccc1.OC1C([O][AlH2])C(OCc2ccccc2)C(OCc2ccccc2)C(OCc2ccccc2)C1OCc1ccccc1. The summed E-state index contributed by atoms with van der Waals surface area (Å²) >= 11 is 21.4. The van der Waals surface area contributed by atoms with Gasteiger partial charge in [-0.25, -0.2) is 0 Å². The molecule has 4 fully saturated rings. The predicted molar refractivity (Wildman–Crippen MR) is 518 cm³/mol. The van der Waals surface area contributed by atoms with Crippen molar-refractivity contribution in [3.05, 3.63) is 346 Å². The number of alkyl halides is 4. The molecule has 13 rings (SSSR count). The third kappa shape index (κ3) is 36.7. The van der Waals surface area contributed by atoms with Gasteiger partial charge < -0.3 is 99.3 Å². The summed E-state index contributed by atoms with van der Waals surface area (Å²) in [6.07, 6.45) is -10.8. The fourth-order valence-corrected chi connectivity index (χ4v) is 16.7. The van der Waals surface area contributed by atoms with Crippen LogP contribution in [0.25, 0.3) is 10.4 Å². The number of aliphatic hydroxyl groups is 2. The standard InChI is InChI=1S/C34H35O6.C30H32Cl3NO5.C22H30O8.C17H20BrN3O6.Al.2H/c35-29-30(36)32(38-22-26-15-7-2-8-16-26)34(40-24-28-19-11-4-12-20-28)33(39-23-27-17-9-3-10-18-27)31(29)37-21-25-13-5-1-6-14-25;1-21-26(36-18-23-13-7-3-8-14-23)27(37-19-24-15-9-4-10-16-24)25(20-35-17-22-11-5-2-6-12-22)38-28(21)39-29(34)30(31,32)33;1-4-5-9-12-26-22-21(29-16(3)24)20(28-13-17-10-7-6-8-11-17)19(25)18(30-22)14-27-15(2)23;1-10(22)24-9-13-15(26-11(2)23)16(14(20-21-19)17(18)27-13)25-8-12-6-4-3-5-7-12;;;/h1-20,29-35H,21-24H2;2-16,21,25-28,34H,17-20H2,1H3;4,6-8,10-11,18-22,25H,1,5,9,12-14H2,2-3H3;3-7,13-17H,8-9H2,1-2H3;;;/q-1;;;;+1;;. The minimum atomic E-state index is -2.02. The molecule has 21 atom stereocenters. The maximum Gasteiger partial charge on any atom is 0.410 e. The fraction of sp³-hybridized carbons (Fsp3) is 0.408. The molecular weight excluding hydrogens is 1910 g/mol. The summed E-state index contributed by atoms with van der Waals surface area (Å²) in [7, 11) is 0. The third-order valence-electron chi connectivity index (χ3n) is 22.1. The highest BCUT2D eigenvalue weighted by atomic mass is 79.9. The van der Waals surface area contributed by atoms with Crippen molar-refractivity contribution >= 4 is 97.1 Å². The zero-order chi connectivity index (χ0) is 97.7. The average Bonchev–Trinajstić information content (AvgIpc) is 0.765. The van der Waals surface area contributed by atoms with Crippen LogP contribution in [0.15, 0.2) is 291 Å². The van der Waals surface area contributed by atoms with Crippen molar-refractivity contribution in [2.24, 2.45) is 11.0 Å². The smallest absolute Gasteiger partial charge is 0.410 e. The van der Waals surface area contributed by atoms with Crippen molar-refractivity contribution in [3.8, 4) is 0 Å². The van der Waals surface area contributed by atoms with Gasteiger partial charge in [0.25, 0.3) is 3.79 Å². The number of hydrogen-bond acceptors (Lipinski definition) is 27. The summed E-state index contributed by atoms with van der Waals surface area (Å²) in [6, 6.07) is 87.5. The van der Waals surface area contributed by atoms with Crippen molar-refractivity contribution in [2.75, 3.05) is 26.4 Å². The average molecular weight is 2030 g/mol. The van der Waals surface area contributed by atoms with E-state index in [0.717, 1.165) is 56.5 Å². The summed E-state index contributed by atoms with van der Waals surface area (Å²) in [6.45, 7) is 13.7. The number of unbranched alkanes of at least 4 members (excludes halogenated alkanes) is 1. The maximum atomic E-state index is 11.7. The second kappa shape index (κ2) is 59.3. The van der Waals surface area contributed by atoms with E-state index in [1.807, 2.05) is 280 Å². The van der Waals surface area contributed by atoms with E-state index >= 15 is 0 Å². The largest absolute Gasteiger partial charge is 0.500 e. The van der Waals surface area contributed by atoms with Crippen LogP contribution in [0.4, 0.5) is 0 Å². The lowest BCUT2D eigenvalue weighted by Crippen LogP contribution is -2.66. The van der Waals surface area contributed by atoms with Crippen molar-refractivity contribution in [1.82, 2.24) is 0 Å². The van der Waals surface area contributed by atoms with Crippen LogP contribution in [0.3, 0.4) is 0 Å². The Morgan fingerprint density at radius 2 is 0.737 bits per heavy atom. The molecule has 0 spiro atoms. The van der Waals surface area contributed by atoms with Crippen LogP contribution >= 0.6 is 50.7 Å². The van der Waals surface area contributed by atoms with Crippen molar-refractivity contribution in [2.45, 2.75) is 232 Å². The van der Waals surface area contributed by atoms with Gasteiger partial charge >= 0.3 is 40.5 Å². The van der Waals surface area contributed by atoms with Crippen molar-refractivity contribution < 1.29 is 118 Å². The molecule has 9 aromatic rings. The highest BCUT2D eigenvalue weighted by Gasteiger charge is 2.55. The number of halogens is 4. The van der Waals surface area contributed by atoms with E-state index in [1.54, 1.807) is 6.08 Å². The molecule has 0 aromatic heterocycles. The molecule has 0 radical (unpaired) electrons. The van der Waals surface area contributed by atoms with Gasteiger partial charge in [-0.1, -0.05) is 342 Å². The van der Waals surface area contributed by atoms with E-state index in [1.165, 1.54) is 27.7 Å². The molecule has 21 unspecified atom stereocenters. The Hall–Kier alpha value is -9.38. The van der Waals surface area contributed by atoms with Crippen molar-refractivity contribution in [1.29, 1.82) is 5.41 Å². The normalized spacial score (nSPS) is 25.0. The Morgan fingerprint density at radius 1 is 0.416 bits per heavy atom. The van der Waals surface area contributed by atoms with Crippen LogP contribution < -0.4 is 0 Å². The topological polar surface area (TPSA) is 357 Å². The molecule has 3 saturated heterocycles. The molecule has 3 N–H and O–H groups in total. The Labute approximate surface area is 831 Å². The van der Waals surface area contributed by atoms with E-state index in [2.05, 4.69) is 32.5 Å². The molecule has 3 heterocycles. The number of esters is 4. The van der Waals surface area contributed by atoms with Gasteiger partial charge in [0.1, 0.15) is 97.5 Å². The number of hydrogen-bond donors (Lipinski definition) is 3. The van der Waals surface area contributed by atoms with Crippen LogP contribution in [0.5, 0.6) is 0 Å². The van der Waals surface area contributed by atoms with Gasteiger partial charge in [-0.2, -0.15) is 0 Å². The van der Waals surface area contributed by atoms with Crippen LogP contribution in [-0.2, 0) is 168 Å². The first-order valence-electron chi connectivity index (χ1n) is 44.9. The van der Waals surface area contributed by atoms with E-state index in [-0.39, 0.29) is 39.0 Å². The minimum absolute atomic E-state index is 0.135. The molecule has 29 nitrogen and oxygen atoms in total. The zero-order valence-corrected chi connectivity index (χ0v) is 83.0. The van der Waals surface area contributed by atoms with Crippen LogP contribution in [0, 0.1) is 11.3 Å². The molecule has 4 aliphatic rings. The first-order valence-corrected chi connectivity index (χ1v) is 47.8. The second-order valence-corrected chi connectivity index (χ2v) is 36.1. The highest BCUT2D eigenvalue weighted by Crippen LogP contribution is 2.39. The molecular formula is C103H119AlBrCl3N4O25. The van der Waals surface area contributed by atoms with E-state index in [4.69, 9.17) is 135 Å². The van der Waals surface area contributed by atoms with Gasteiger partial charge in [0.15, 0.2) is 18.5 Å². The van der Waals surface area contributed by atoms with Crippen LogP contribution in [0.2, 0.25) is 0 Å². The van der Waals surface area contributed by atoms with Crippen LogP contribution in [-0.4, -0.2) is 208 Å². The van der Waals surface area contributed by atoms with E-state index in [0.29, 0.717) is 75.9 Å². The number of aliphatic hydroxyl groups excluding tert-OH is 2. The van der Waals surface area contributed by atoms with Crippen molar-refractivity contribution in [3.63, 3.8) is 0 Å².